The van der Waals surface area contributed by atoms with Gasteiger partial charge in [0.05, 0.1) is 6.61 Å². The fraction of sp³-hybridized carbons (Fsp3) is 0.655. The zero-order valence-electron chi connectivity index (χ0n) is 21.0. The first-order valence-electron chi connectivity index (χ1n) is 13.3. The normalized spacial score (nSPS) is 12.1. The summed E-state index contributed by atoms with van der Waals surface area (Å²) < 4.78 is 5.90. The van der Waals surface area contributed by atoms with Gasteiger partial charge in [-0.25, -0.2) is 9.97 Å². The standard InChI is InChI=1S/C29H46N2O/c1-4-6-7-8-9-10-11-14-17-26-23-30-29(31-24-26)27-18-20-28(21-19-27)32-22-15-12-13-16-25(3)5-2/h18-21,23-25H,4-17,22H2,1-3H3. The number of ether oxygens (including phenoxy) is 1. The molecule has 1 aromatic heterocycles. The van der Waals surface area contributed by atoms with Crippen LogP contribution in [0.4, 0.5) is 0 Å². The largest absolute Gasteiger partial charge is 0.494 e. The molecule has 0 aliphatic carbocycles. The van der Waals surface area contributed by atoms with Gasteiger partial charge in [-0.2, -0.15) is 0 Å². The lowest BCUT2D eigenvalue weighted by Gasteiger charge is -2.09. The molecule has 0 fully saturated rings. The third-order valence-corrected chi connectivity index (χ3v) is 6.44. The minimum Gasteiger partial charge on any atom is -0.494 e. The molecule has 3 heteroatoms. The Labute approximate surface area is 197 Å². The maximum absolute atomic E-state index is 5.90. The number of rotatable bonds is 18. The smallest absolute Gasteiger partial charge is 0.159 e. The molecular formula is C29H46N2O. The average Bonchev–Trinajstić information content (AvgIpc) is 2.83. The summed E-state index contributed by atoms with van der Waals surface area (Å²) in [5, 5.41) is 0. The highest BCUT2D eigenvalue weighted by atomic mass is 16.5. The highest BCUT2D eigenvalue weighted by molar-refractivity contribution is 5.55. The average molecular weight is 439 g/mol. The van der Waals surface area contributed by atoms with Crippen molar-refractivity contribution in [1.82, 2.24) is 9.97 Å². The molecule has 32 heavy (non-hydrogen) atoms. The van der Waals surface area contributed by atoms with Gasteiger partial charge in [0.15, 0.2) is 5.82 Å². The van der Waals surface area contributed by atoms with Gasteiger partial charge in [0.1, 0.15) is 5.75 Å². The first-order valence-corrected chi connectivity index (χ1v) is 13.3. The van der Waals surface area contributed by atoms with Gasteiger partial charge in [-0.15, -0.1) is 0 Å². The molecule has 0 amide bonds. The summed E-state index contributed by atoms with van der Waals surface area (Å²) in [4.78, 5) is 9.19. The van der Waals surface area contributed by atoms with E-state index in [4.69, 9.17) is 4.74 Å². The first-order chi connectivity index (χ1) is 15.7. The number of aromatic nitrogens is 2. The molecule has 0 aliphatic rings. The van der Waals surface area contributed by atoms with Crippen molar-refractivity contribution >= 4 is 0 Å². The monoisotopic (exact) mass is 438 g/mol. The summed E-state index contributed by atoms with van der Waals surface area (Å²) in [7, 11) is 0. The van der Waals surface area contributed by atoms with Gasteiger partial charge >= 0.3 is 0 Å². The molecule has 0 saturated heterocycles. The van der Waals surface area contributed by atoms with E-state index in [-0.39, 0.29) is 0 Å². The fourth-order valence-corrected chi connectivity index (χ4v) is 3.96. The van der Waals surface area contributed by atoms with Crippen LogP contribution in [-0.4, -0.2) is 16.6 Å². The maximum Gasteiger partial charge on any atom is 0.159 e. The Kier molecular flexibility index (Phi) is 13.7. The lowest BCUT2D eigenvalue weighted by Crippen LogP contribution is -1.98. The quantitative estimate of drug-likeness (QED) is 0.218. The van der Waals surface area contributed by atoms with Crippen LogP contribution < -0.4 is 4.74 Å². The van der Waals surface area contributed by atoms with E-state index in [2.05, 4.69) is 42.9 Å². The van der Waals surface area contributed by atoms with Crippen LogP contribution in [0.25, 0.3) is 11.4 Å². The van der Waals surface area contributed by atoms with E-state index in [1.54, 1.807) is 0 Å². The molecule has 0 N–H and O–H groups in total. The van der Waals surface area contributed by atoms with E-state index in [0.29, 0.717) is 0 Å². The van der Waals surface area contributed by atoms with Crippen LogP contribution in [0, 0.1) is 5.92 Å². The Bertz CT molecular complexity index is 696. The van der Waals surface area contributed by atoms with Crippen LogP contribution in [0.1, 0.15) is 110 Å². The molecule has 2 rings (SSSR count). The van der Waals surface area contributed by atoms with Crippen molar-refractivity contribution in [3.05, 3.63) is 42.2 Å². The molecule has 0 aliphatic heterocycles. The Morgan fingerprint density at radius 1 is 0.750 bits per heavy atom. The highest BCUT2D eigenvalue weighted by Crippen LogP contribution is 2.20. The molecule has 3 nitrogen and oxygen atoms in total. The fourth-order valence-electron chi connectivity index (χ4n) is 3.96. The van der Waals surface area contributed by atoms with Gasteiger partial charge < -0.3 is 4.74 Å². The third-order valence-electron chi connectivity index (χ3n) is 6.44. The van der Waals surface area contributed by atoms with E-state index in [1.807, 2.05) is 24.5 Å². The molecule has 1 unspecified atom stereocenters. The number of unbranched alkanes of at least 4 members (excludes halogenated alkanes) is 9. The van der Waals surface area contributed by atoms with E-state index >= 15 is 0 Å². The van der Waals surface area contributed by atoms with Crippen LogP contribution in [0.15, 0.2) is 36.7 Å². The van der Waals surface area contributed by atoms with Crippen molar-refractivity contribution in [2.75, 3.05) is 6.61 Å². The minimum absolute atomic E-state index is 0.793. The Balaban J connectivity index is 1.63. The van der Waals surface area contributed by atoms with Gasteiger partial charge in [0.25, 0.3) is 0 Å². The minimum atomic E-state index is 0.793. The van der Waals surface area contributed by atoms with Crippen LogP contribution in [0.2, 0.25) is 0 Å². The van der Waals surface area contributed by atoms with Crippen molar-refractivity contribution in [2.24, 2.45) is 5.92 Å². The molecule has 178 valence electrons. The van der Waals surface area contributed by atoms with Crippen molar-refractivity contribution < 1.29 is 4.74 Å². The maximum atomic E-state index is 5.90. The van der Waals surface area contributed by atoms with E-state index in [9.17, 15) is 0 Å². The second-order valence-electron chi connectivity index (χ2n) is 9.38. The third kappa shape index (κ3) is 11.1. The molecule has 2 aromatic rings. The van der Waals surface area contributed by atoms with E-state index in [0.717, 1.165) is 42.5 Å². The Morgan fingerprint density at radius 2 is 1.38 bits per heavy atom. The van der Waals surface area contributed by atoms with E-state index in [1.165, 1.54) is 82.6 Å². The van der Waals surface area contributed by atoms with Crippen LogP contribution in [0.5, 0.6) is 5.75 Å². The summed E-state index contributed by atoms with van der Waals surface area (Å²) >= 11 is 0. The van der Waals surface area contributed by atoms with Gasteiger partial charge in [0, 0.05) is 18.0 Å². The summed E-state index contributed by atoms with van der Waals surface area (Å²) in [5.74, 6) is 2.58. The van der Waals surface area contributed by atoms with Crippen molar-refractivity contribution in [1.29, 1.82) is 0 Å². The lowest BCUT2D eigenvalue weighted by molar-refractivity contribution is 0.302. The van der Waals surface area contributed by atoms with Gasteiger partial charge in [-0.05, 0) is 55.0 Å². The summed E-state index contributed by atoms with van der Waals surface area (Å²) in [6.07, 6.45) is 22.2. The number of hydrogen-bond acceptors (Lipinski definition) is 3. The molecule has 0 radical (unpaired) electrons. The zero-order chi connectivity index (χ0) is 22.9. The Hall–Kier alpha value is -1.90. The second-order valence-corrected chi connectivity index (χ2v) is 9.38. The van der Waals surface area contributed by atoms with Crippen LogP contribution in [0.3, 0.4) is 0 Å². The number of aryl methyl sites for hydroxylation is 1. The van der Waals surface area contributed by atoms with E-state index < -0.39 is 0 Å². The molecule has 0 spiro atoms. The molecule has 0 bridgehead atoms. The zero-order valence-corrected chi connectivity index (χ0v) is 21.0. The van der Waals surface area contributed by atoms with Gasteiger partial charge in [-0.3, -0.25) is 0 Å². The summed E-state index contributed by atoms with van der Waals surface area (Å²) in [6, 6.07) is 8.19. The van der Waals surface area contributed by atoms with Crippen LogP contribution >= 0.6 is 0 Å². The Morgan fingerprint density at radius 3 is 2.03 bits per heavy atom. The second kappa shape index (κ2) is 16.7. The molecule has 1 aromatic carbocycles. The predicted molar refractivity (Wildman–Crippen MR) is 137 cm³/mol. The molecule has 1 atom stereocenters. The van der Waals surface area contributed by atoms with Crippen molar-refractivity contribution in [3.8, 4) is 17.1 Å². The van der Waals surface area contributed by atoms with Gasteiger partial charge in [0.2, 0.25) is 0 Å². The highest BCUT2D eigenvalue weighted by Gasteiger charge is 2.04. The van der Waals surface area contributed by atoms with Crippen molar-refractivity contribution in [2.45, 2.75) is 111 Å². The van der Waals surface area contributed by atoms with Gasteiger partial charge in [-0.1, -0.05) is 91.4 Å². The number of hydrogen-bond donors (Lipinski definition) is 0. The molecule has 0 saturated carbocycles. The number of nitrogens with zero attached hydrogens (tertiary/aromatic N) is 2. The topological polar surface area (TPSA) is 35.0 Å². The first kappa shape index (κ1) is 26.4. The van der Waals surface area contributed by atoms with Crippen LogP contribution in [-0.2, 0) is 6.42 Å². The van der Waals surface area contributed by atoms with Crippen molar-refractivity contribution in [3.63, 3.8) is 0 Å². The number of benzene rings is 1. The summed E-state index contributed by atoms with van der Waals surface area (Å²) in [6.45, 7) is 7.68. The molecular weight excluding hydrogens is 392 g/mol. The molecule has 1 heterocycles. The predicted octanol–water partition coefficient (Wildman–Crippen LogP) is 8.81. The SMILES string of the molecule is CCCCCCCCCCc1cnc(-c2ccc(OCCCCCC(C)CC)cc2)nc1. The summed E-state index contributed by atoms with van der Waals surface area (Å²) in [5.41, 5.74) is 2.29. The lowest BCUT2D eigenvalue weighted by atomic mass is 10.0.